The van der Waals surface area contributed by atoms with Crippen molar-refractivity contribution in [1.82, 2.24) is 14.9 Å². The SMILES string of the molecule is CCC(C(=O)N1CCN(c2cc(Nc3ccc(C)cc3)nc(C)n2)CC1)c1ccccc1. The zero-order valence-corrected chi connectivity index (χ0v) is 19.1. The Morgan fingerprint density at radius 3 is 2.31 bits per heavy atom. The third-order valence-corrected chi connectivity index (χ3v) is 5.97. The average molecular weight is 430 g/mol. The van der Waals surface area contributed by atoms with E-state index in [-0.39, 0.29) is 11.8 Å². The fourth-order valence-electron chi connectivity index (χ4n) is 4.18. The molecule has 0 saturated carbocycles. The zero-order chi connectivity index (χ0) is 22.5. The lowest BCUT2D eigenvalue weighted by atomic mass is 9.95. The summed E-state index contributed by atoms with van der Waals surface area (Å²) < 4.78 is 0. The van der Waals surface area contributed by atoms with E-state index < -0.39 is 0 Å². The Bertz CT molecular complexity index is 1040. The summed E-state index contributed by atoms with van der Waals surface area (Å²) in [4.78, 5) is 26.6. The monoisotopic (exact) mass is 429 g/mol. The van der Waals surface area contributed by atoms with Gasteiger partial charge in [0.15, 0.2) is 0 Å². The van der Waals surface area contributed by atoms with E-state index in [0.717, 1.165) is 48.2 Å². The number of nitrogens with zero attached hydrogens (tertiary/aromatic N) is 4. The molecule has 1 saturated heterocycles. The van der Waals surface area contributed by atoms with Gasteiger partial charge in [0, 0.05) is 37.9 Å². The average Bonchev–Trinajstić information content (AvgIpc) is 2.81. The normalized spacial score (nSPS) is 14.8. The molecule has 0 spiro atoms. The molecule has 1 fully saturated rings. The van der Waals surface area contributed by atoms with Gasteiger partial charge < -0.3 is 15.1 Å². The molecule has 0 bridgehead atoms. The van der Waals surface area contributed by atoms with Crippen LogP contribution in [0.5, 0.6) is 0 Å². The molecule has 3 aromatic rings. The minimum atomic E-state index is -0.0747. The van der Waals surface area contributed by atoms with Gasteiger partial charge in [0.2, 0.25) is 5.91 Å². The molecule has 0 radical (unpaired) electrons. The van der Waals surface area contributed by atoms with Gasteiger partial charge in [-0.1, -0.05) is 55.0 Å². The largest absolute Gasteiger partial charge is 0.353 e. The minimum Gasteiger partial charge on any atom is -0.353 e. The maximum atomic E-state index is 13.2. The third kappa shape index (κ3) is 5.07. The molecule has 1 unspecified atom stereocenters. The Hall–Kier alpha value is -3.41. The summed E-state index contributed by atoms with van der Waals surface area (Å²) in [6.07, 6.45) is 0.808. The van der Waals surface area contributed by atoms with Crippen molar-refractivity contribution in [3.63, 3.8) is 0 Å². The lowest BCUT2D eigenvalue weighted by Crippen LogP contribution is -2.50. The highest BCUT2D eigenvalue weighted by molar-refractivity contribution is 5.84. The molecule has 6 heteroatoms. The highest BCUT2D eigenvalue weighted by atomic mass is 16.2. The number of nitrogens with one attached hydrogen (secondary N) is 1. The molecule has 1 amide bonds. The van der Waals surface area contributed by atoms with Crippen molar-refractivity contribution in [2.24, 2.45) is 0 Å². The van der Waals surface area contributed by atoms with Crippen molar-refractivity contribution in [1.29, 1.82) is 0 Å². The lowest BCUT2D eigenvalue weighted by Gasteiger charge is -2.37. The Kier molecular flexibility index (Phi) is 6.69. The third-order valence-electron chi connectivity index (χ3n) is 5.97. The second-order valence-electron chi connectivity index (χ2n) is 8.33. The van der Waals surface area contributed by atoms with E-state index in [4.69, 9.17) is 0 Å². The molecule has 1 aliphatic heterocycles. The standard InChI is InChI=1S/C26H31N5O/c1-4-23(21-8-6-5-7-9-21)26(32)31-16-14-30(15-17-31)25-18-24(27-20(3)28-25)29-22-12-10-19(2)11-13-22/h5-13,18,23H,4,14-17H2,1-3H3,(H,27,28,29). The first kappa shape index (κ1) is 21.8. The van der Waals surface area contributed by atoms with Crippen LogP contribution >= 0.6 is 0 Å². The van der Waals surface area contributed by atoms with Crippen molar-refractivity contribution in [2.75, 3.05) is 36.4 Å². The van der Waals surface area contributed by atoms with Crippen LogP contribution < -0.4 is 10.2 Å². The summed E-state index contributed by atoms with van der Waals surface area (Å²) in [5.74, 6) is 2.55. The number of piperazine rings is 1. The van der Waals surface area contributed by atoms with Crippen LogP contribution in [0, 0.1) is 13.8 Å². The number of hydrogen-bond donors (Lipinski definition) is 1. The Morgan fingerprint density at radius 1 is 0.969 bits per heavy atom. The summed E-state index contributed by atoms with van der Waals surface area (Å²) in [7, 11) is 0. The molecule has 0 aliphatic carbocycles. The first-order valence-electron chi connectivity index (χ1n) is 11.3. The first-order valence-corrected chi connectivity index (χ1v) is 11.3. The van der Waals surface area contributed by atoms with Gasteiger partial charge in [-0.2, -0.15) is 0 Å². The number of hydrogen-bond acceptors (Lipinski definition) is 5. The van der Waals surface area contributed by atoms with E-state index in [1.807, 2.05) is 48.2 Å². The Labute approximate surface area is 190 Å². The molecular weight excluding hydrogens is 398 g/mol. The van der Waals surface area contributed by atoms with Crippen LogP contribution in [0.4, 0.5) is 17.3 Å². The molecule has 1 aliphatic rings. The number of benzene rings is 2. The van der Waals surface area contributed by atoms with E-state index in [1.54, 1.807) is 0 Å². The molecule has 1 aromatic heterocycles. The van der Waals surface area contributed by atoms with Crippen LogP contribution in [0.15, 0.2) is 60.7 Å². The van der Waals surface area contributed by atoms with Crippen LogP contribution in [-0.4, -0.2) is 47.0 Å². The number of carbonyl (C=O) groups is 1. The van der Waals surface area contributed by atoms with Crippen molar-refractivity contribution >= 4 is 23.2 Å². The van der Waals surface area contributed by atoms with E-state index in [2.05, 4.69) is 58.3 Å². The van der Waals surface area contributed by atoms with Gasteiger partial charge in [-0.05, 0) is 38.0 Å². The van der Waals surface area contributed by atoms with Gasteiger partial charge >= 0.3 is 0 Å². The molecule has 166 valence electrons. The number of amides is 1. The molecule has 1 N–H and O–H groups in total. The molecule has 32 heavy (non-hydrogen) atoms. The second kappa shape index (κ2) is 9.81. The predicted molar refractivity (Wildman–Crippen MR) is 129 cm³/mol. The number of aryl methyl sites for hydroxylation is 2. The summed E-state index contributed by atoms with van der Waals surface area (Å²) in [5.41, 5.74) is 3.32. The molecule has 6 nitrogen and oxygen atoms in total. The number of anilines is 3. The first-order chi connectivity index (χ1) is 15.5. The van der Waals surface area contributed by atoms with Gasteiger partial charge in [0.1, 0.15) is 17.5 Å². The van der Waals surface area contributed by atoms with Crippen molar-refractivity contribution in [2.45, 2.75) is 33.1 Å². The quantitative estimate of drug-likeness (QED) is 0.617. The zero-order valence-electron chi connectivity index (χ0n) is 19.1. The van der Waals surface area contributed by atoms with E-state index in [9.17, 15) is 4.79 Å². The lowest BCUT2D eigenvalue weighted by molar-refractivity contribution is -0.133. The topological polar surface area (TPSA) is 61.4 Å². The number of carbonyl (C=O) groups excluding carboxylic acids is 1. The van der Waals surface area contributed by atoms with Crippen molar-refractivity contribution < 1.29 is 4.79 Å². The predicted octanol–water partition coefficient (Wildman–Crippen LogP) is 4.68. The van der Waals surface area contributed by atoms with Crippen LogP contribution in [-0.2, 0) is 4.79 Å². The van der Waals surface area contributed by atoms with Gasteiger partial charge in [-0.25, -0.2) is 9.97 Å². The van der Waals surface area contributed by atoms with E-state index >= 15 is 0 Å². The maximum Gasteiger partial charge on any atom is 0.230 e. The Balaban J connectivity index is 1.42. The summed E-state index contributed by atoms with van der Waals surface area (Å²) in [6, 6.07) is 20.3. The number of rotatable bonds is 6. The minimum absolute atomic E-state index is 0.0747. The highest BCUT2D eigenvalue weighted by Gasteiger charge is 2.28. The van der Waals surface area contributed by atoms with E-state index in [0.29, 0.717) is 13.1 Å². The second-order valence-corrected chi connectivity index (χ2v) is 8.33. The van der Waals surface area contributed by atoms with Crippen molar-refractivity contribution in [3.8, 4) is 0 Å². The number of aromatic nitrogens is 2. The molecular formula is C26H31N5O. The Morgan fingerprint density at radius 2 is 1.66 bits per heavy atom. The highest BCUT2D eigenvalue weighted by Crippen LogP contribution is 2.25. The molecule has 2 aromatic carbocycles. The summed E-state index contributed by atoms with van der Waals surface area (Å²) >= 11 is 0. The maximum absolute atomic E-state index is 13.2. The van der Waals surface area contributed by atoms with Gasteiger partial charge in [-0.15, -0.1) is 0 Å². The van der Waals surface area contributed by atoms with Crippen LogP contribution in [0.1, 0.15) is 36.2 Å². The van der Waals surface area contributed by atoms with Crippen LogP contribution in [0.25, 0.3) is 0 Å². The van der Waals surface area contributed by atoms with Gasteiger partial charge in [0.05, 0.1) is 5.92 Å². The van der Waals surface area contributed by atoms with Crippen LogP contribution in [0.3, 0.4) is 0 Å². The van der Waals surface area contributed by atoms with Crippen LogP contribution in [0.2, 0.25) is 0 Å². The van der Waals surface area contributed by atoms with E-state index in [1.165, 1.54) is 5.56 Å². The summed E-state index contributed by atoms with van der Waals surface area (Å²) in [6.45, 7) is 8.99. The molecule has 1 atom stereocenters. The molecule has 2 heterocycles. The summed E-state index contributed by atoms with van der Waals surface area (Å²) in [5, 5.41) is 3.38. The fraction of sp³-hybridized carbons (Fsp3) is 0.346. The smallest absolute Gasteiger partial charge is 0.230 e. The fourth-order valence-corrected chi connectivity index (χ4v) is 4.18. The molecule has 4 rings (SSSR count). The van der Waals surface area contributed by atoms with Gasteiger partial charge in [0.25, 0.3) is 0 Å². The van der Waals surface area contributed by atoms with Gasteiger partial charge in [-0.3, -0.25) is 4.79 Å². The van der Waals surface area contributed by atoms with Crippen molar-refractivity contribution in [3.05, 3.63) is 77.6 Å².